The number of carboxylic acid groups (broad SMARTS) is 1. The number of methoxy groups -OCH3 is 2. The Labute approximate surface area is 160 Å². The molecular weight excluding hydrogens is 389 g/mol. The molecule has 2 aromatic rings. The van der Waals surface area contributed by atoms with Crippen LogP contribution in [0, 0.1) is 0 Å². The van der Waals surface area contributed by atoms with Gasteiger partial charge >= 0.3 is 5.97 Å². The smallest absolute Gasteiger partial charge is 0.356 e. The molecular formula is C17H16Cl3NO4. The Morgan fingerprint density at radius 2 is 1.36 bits per heavy atom. The van der Waals surface area contributed by atoms with Crippen molar-refractivity contribution in [2.75, 3.05) is 14.2 Å². The predicted molar refractivity (Wildman–Crippen MR) is 101 cm³/mol. The quantitative estimate of drug-likeness (QED) is 0.581. The van der Waals surface area contributed by atoms with Gasteiger partial charge in [-0.2, -0.15) is 0 Å². The van der Waals surface area contributed by atoms with Crippen LogP contribution in [-0.2, 0) is 4.79 Å². The number of alkyl halides is 3. The lowest BCUT2D eigenvalue weighted by Gasteiger charge is -2.00. The Bertz CT molecular complexity index is 646. The van der Waals surface area contributed by atoms with Crippen molar-refractivity contribution in [1.29, 1.82) is 0 Å². The van der Waals surface area contributed by atoms with Gasteiger partial charge in [0.15, 0.2) is 0 Å². The maximum absolute atomic E-state index is 9.62. The van der Waals surface area contributed by atoms with E-state index in [-0.39, 0.29) is 0 Å². The lowest BCUT2D eigenvalue weighted by molar-refractivity contribution is -0.135. The summed E-state index contributed by atoms with van der Waals surface area (Å²) < 4.78 is 8.02. The largest absolute Gasteiger partial charge is 0.497 e. The first-order valence-electron chi connectivity index (χ1n) is 6.88. The van der Waals surface area contributed by atoms with Crippen molar-refractivity contribution >= 4 is 52.7 Å². The molecule has 25 heavy (non-hydrogen) atoms. The number of aliphatic imine (C=N–C) groups is 1. The molecule has 2 aromatic carbocycles. The fraction of sp³-hybridized carbons (Fsp3) is 0.176. The number of hydrogen-bond donors (Lipinski definition) is 1. The standard InChI is InChI=1S/C15H15NO2.C2HCl3O2/c1-17-14-7-3-12(4-8-14)11-16-13-5-9-15(18-2)10-6-13;3-2(4,5)1(6)7/h3-11H,1-2H3;(H,6,7). The maximum atomic E-state index is 9.62. The molecule has 0 unspecified atom stereocenters. The summed E-state index contributed by atoms with van der Waals surface area (Å²) in [6.45, 7) is 0. The van der Waals surface area contributed by atoms with E-state index in [9.17, 15) is 4.79 Å². The maximum Gasteiger partial charge on any atom is 0.356 e. The van der Waals surface area contributed by atoms with E-state index in [4.69, 9.17) is 49.4 Å². The van der Waals surface area contributed by atoms with Gasteiger partial charge in [0.2, 0.25) is 0 Å². The summed E-state index contributed by atoms with van der Waals surface area (Å²) >= 11 is 14.4. The number of benzene rings is 2. The molecule has 1 N–H and O–H groups in total. The van der Waals surface area contributed by atoms with Crippen molar-refractivity contribution in [3.63, 3.8) is 0 Å². The summed E-state index contributed by atoms with van der Waals surface area (Å²) in [7, 11) is 3.30. The Morgan fingerprint density at radius 1 is 0.960 bits per heavy atom. The molecule has 0 saturated heterocycles. The highest BCUT2D eigenvalue weighted by Gasteiger charge is 2.29. The molecule has 5 nitrogen and oxygen atoms in total. The van der Waals surface area contributed by atoms with Gasteiger partial charge in [-0.05, 0) is 54.1 Å². The van der Waals surface area contributed by atoms with Crippen LogP contribution in [0.25, 0.3) is 0 Å². The minimum Gasteiger partial charge on any atom is -0.497 e. The summed E-state index contributed by atoms with van der Waals surface area (Å²) in [5, 5.41) is 7.85. The van der Waals surface area contributed by atoms with Gasteiger partial charge in [-0.1, -0.05) is 34.8 Å². The van der Waals surface area contributed by atoms with Crippen molar-refractivity contribution in [3.8, 4) is 11.5 Å². The third kappa shape index (κ3) is 8.12. The fourth-order valence-electron chi connectivity index (χ4n) is 1.51. The van der Waals surface area contributed by atoms with Gasteiger partial charge in [-0.3, -0.25) is 4.99 Å². The van der Waals surface area contributed by atoms with E-state index in [0.717, 1.165) is 22.7 Å². The van der Waals surface area contributed by atoms with Crippen LogP contribution in [0.4, 0.5) is 5.69 Å². The topological polar surface area (TPSA) is 68.1 Å². The lowest BCUT2D eigenvalue weighted by atomic mass is 10.2. The molecule has 0 aliphatic carbocycles. The number of carbonyl (C=O) groups is 1. The first-order valence-corrected chi connectivity index (χ1v) is 8.02. The van der Waals surface area contributed by atoms with Crippen molar-refractivity contribution in [2.45, 2.75) is 3.79 Å². The highest BCUT2D eigenvalue weighted by atomic mass is 35.6. The molecule has 0 atom stereocenters. The highest BCUT2D eigenvalue weighted by molar-refractivity contribution is 6.75. The zero-order valence-corrected chi connectivity index (χ0v) is 15.7. The molecule has 0 fully saturated rings. The Hall–Kier alpha value is -1.95. The summed E-state index contributed by atoms with van der Waals surface area (Å²) in [6, 6.07) is 15.4. The molecule has 0 aromatic heterocycles. The first-order chi connectivity index (χ1) is 11.8. The Kier molecular flexibility index (Phi) is 8.55. The SMILES string of the molecule is COc1ccc(C=Nc2ccc(OC)cc2)cc1.O=C(O)C(Cl)(Cl)Cl. The number of hydrogen-bond acceptors (Lipinski definition) is 4. The number of ether oxygens (including phenoxy) is 2. The monoisotopic (exact) mass is 403 g/mol. The van der Waals surface area contributed by atoms with Crippen molar-refractivity contribution in [2.24, 2.45) is 4.99 Å². The average Bonchev–Trinajstić information content (AvgIpc) is 2.60. The van der Waals surface area contributed by atoms with Crippen LogP contribution >= 0.6 is 34.8 Å². The van der Waals surface area contributed by atoms with Crippen molar-refractivity contribution < 1.29 is 19.4 Å². The molecule has 0 amide bonds. The molecule has 0 bridgehead atoms. The van der Waals surface area contributed by atoms with Crippen LogP contribution in [0.1, 0.15) is 5.56 Å². The number of carboxylic acids is 1. The Balaban J connectivity index is 0.000000381. The molecule has 0 radical (unpaired) electrons. The van der Waals surface area contributed by atoms with E-state index in [1.165, 1.54) is 0 Å². The normalized spacial score (nSPS) is 10.8. The highest BCUT2D eigenvalue weighted by Crippen LogP contribution is 2.25. The van der Waals surface area contributed by atoms with Crippen LogP contribution in [0.15, 0.2) is 53.5 Å². The molecule has 0 spiro atoms. The summed E-state index contributed by atoms with van der Waals surface area (Å²) in [6.07, 6.45) is 1.82. The minimum absolute atomic E-state index is 0.832. The van der Waals surface area contributed by atoms with Crippen LogP contribution < -0.4 is 9.47 Å². The zero-order valence-electron chi connectivity index (χ0n) is 13.4. The predicted octanol–water partition coefficient (Wildman–Crippen LogP) is 4.90. The van der Waals surface area contributed by atoms with Gasteiger partial charge in [-0.15, -0.1) is 0 Å². The van der Waals surface area contributed by atoms with Gasteiger partial charge in [0.1, 0.15) is 11.5 Å². The van der Waals surface area contributed by atoms with Gasteiger partial charge in [0.05, 0.1) is 19.9 Å². The summed E-state index contributed by atoms with van der Waals surface area (Å²) in [5.41, 5.74) is 1.93. The molecule has 0 aliphatic rings. The number of aliphatic carboxylic acids is 1. The van der Waals surface area contributed by atoms with Crippen LogP contribution in [0.5, 0.6) is 11.5 Å². The zero-order chi connectivity index (χ0) is 18.9. The van der Waals surface area contributed by atoms with Crippen molar-refractivity contribution in [1.82, 2.24) is 0 Å². The second-order valence-corrected chi connectivity index (χ2v) is 6.81. The van der Waals surface area contributed by atoms with Crippen LogP contribution in [0.3, 0.4) is 0 Å². The van der Waals surface area contributed by atoms with E-state index in [0.29, 0.717) is 0 Å². The minimum atomic E-state index is -2.17. The molecule has 8 heteroatoms. The summed E-state index contributed by atoms with van der Waals surface area (Å²) in [4.78, 5) is 14.0. The second-order valence-electron chi connectivity index (χ2n) is 4.53. The van der Waals surface area contributed by atoms with E-state index in [2.05, 4.69) is 4.99 Å². The summed E-state index contributed by atoms with van der Waals surface area (Å²) in [5.74, 6) is 0.215. The van der Waals surface area contributed by atoms with Gasteiger partial charge < -0.3 is 14.6 Å². The van der Waals surface area contributed by atoms with E-state index in [1.54, 1.807) is 14.2 Å². The fourth-order valence-corrected chi connectivity index (χ4v) is 1.51. The first kappa shape index (κ1) is 21.1. The number of halogens is 3. The molecule has 0 aliphatic heterocycles. The average molecular weight is 405 g/mol. The van der Waals surface area contributed by atoms with Gasteiger partial charge in [0, 0.05) is 6.21 Å². The molecule has 0 heterocycles. The van der Waals surface area contributed by atoms with Crippen molar-refractivity contribution in [3.05, 3.63) is 54.1 Å². The molecule has 0 saturated carbocycles. The van der Waals surface area contributed by atoms with Crippen LogP contribution in [-0.4, -0.2) is 35.3 Å². The molecule has 134 valence electrons. The van der Waals surface area contributed by atoms with Gasteiger partial charge in [0.25, 0.3) is 3.79 Å². The van der Waals surface area contributed by atoms with E-state index in [1.807, 2.05) is 54.7 Å². The third-order valence-corrected chi connectivity index (χ3v) is 3.28. The lowest BCUT2D eigenvalue weighted by Crippen LogP contribution is -2.16. The number of nitrogens with zero attached hydrogens (tertiary/aromatic N) is 1. The number of rotatable bonds is 4. The van der Waals surface area contributed by atoms with Crippen LogP contribution in [0.2, 0.25) is 0 Å². The van der Waals surface area contributed by atoms with E-state index < -0.39 is 9.76 Å². The van der Waals surface area contributed by atoms with E-state index >= 15 is 0 Å². The van der Waals surface area contributed by atoms with Gasteiger partial charge in [-0.25, -0.2) is 4.79 Å². The second kappa shape index (κ2) is 10.1. The third-order valence-electron chi connectivity index (χ3n) is 2.79. The molecule has 2 rings (SSSR count). The Morgan fingerprint density at radius 3 is 1.72 bits per heavy atom.